The van der Waals surface area contributed by atoms with Crippen molar-refractivity contribution in [2.24, 2.45) is 0 Å². The highest BCUT2D eigenvalue weighted by Gasteiger charge is 2.29. The zero-order valence-electron chi connectivity index (χ0n) is 14.5. The second kappa shape index (κ2) is 8.13. The Balaban J connectivity index is 2.00. The topological polar surface area (TPSA) is 61.8 Å². The first-order chi connectivity index (χ1) is 10.9. The van der Waals surface area contributed by atoms with E-state index >= 15 is 0 Å². The van der Waals surface area contributed by atoms with E-state index in [1.807, 2.05) is 6.92 Å². The molecule has 3 unspecified atom stereocenters. The van der Waals surface area contributed by atoms with E-state index in [-0.39, 0.29) is 18.1 Å². The molecule has 5 nitrogen and oxygen atoms in total. The number of carbonyl (C=O) groups is 1. The molecule has 0 spiro atoms. The molecular weight excluding hydrogens is 312 g/mol. The average Bonchev–Trinajstić information content (AvgIpc) is 2.88. The molecule has 2 N–H and O–H groups in total. The summed E-state index contributed by atoms with van der Waals surface area (Å²) in [4.78, 5) is 17.0. The Morgan fingerprint density at radius 1 is 1.57 bits per heavy atom. The highest BCUT2D eigenvalue weighted by molar-refractivity contribution is 7.12. The van der Waals surface area contributed by atoms with Gasteiger partial charge >= 0.3 is 6.03 Å². The van der Waals surface area contributed by atoms with Crippen molar-refractivity contribution in [1.82, 2.24) is 10.2 Å². The van der Waals surface area contributed by atoms with Crippen molar-refractivity contribution in [2.75, 3.05) is 19.8 Å². The maximum Gasteiger partial charge on any atom is 0.318 e. The fourth-order valence-corrected chi connectivity index (χ4v) is 4.08. The van der Waals surface area contributed by atoms with Crippen molar-refractivity contribution in [2.45, 2.75) is 58.7 Å². The third kappa shape index (κ3) is 4.68. The van der Waals surface area contributed by atoms with Crippen LogP contribution in [0, 0.1) is 6.92 Å². The first-order valence-corrected chi connectivity index (χ1v) is 9.16. The number of rotatable bonds is 5. The molecule has 130 valence electrons. The molecule has 1 saturated heterocycles. The number of hydrogen-bond acceptors (Lipinski definition) is 4. The van der Waals surface area contributed by atoms with Gasteiger partial charge in [0.15, 0.2) is 0 Å². The second-order valence-electron chi connectivity index (χ2n) is 6.29. The van der Waals surface area contributed by atoms with Gasteiger partial charge in [-0.05, 0) is 45.2 Å². The van der Waals surface area contributed by atoms with Crippen LogP contribution < -0.4 is 5.32 Å². The highest BCUT2D eigenvalue weighted by atomic mass is 32.1. The lowest BCUT2D eigenvalue weighted by Crippen LogP contribution is -2.53. The summed E-state index contributed by atoms with van der Waals surface area (Å²) in [7, 11) is 0. The minimum Gasteiger partial charge on any atom is -0.393 e. The second-order valence-corrected chi connectivity index (χ2v) is 7.45. The quantitative estimate of drug-likeness (QED) is 0.866. The molecule has 3 atom stereocenters. The monoisotopic (exact) mass is 340 g/mol. The van der Waals surface area contributed by atoms with Crippen molar-refractivity contribution in [1.29, 1.82) is 0 Å². The summed E-state index contributed by atoms with van der Waals surface area (Å²) in [5.41, 5.74) is 1.30. The molecule has 1 aromatic heterocycles. The molecule has 2 heterocycles. The van der Waals surface area contributed by atoms with Crippen molar-refractivity contribution in [3.05, 3.63) is 21.4 Å². The van der Waals surface area contributed by atoms with E-state index < -0.39 is 6.10 Å². The highest BCUT2D eigenvalue weighted by Crippen LogP contribution is 2.27. The number of hydrogen-bond donors (Lipinski definition) is 2. The Hall–Kier alpha value is -1.11. The van der Waals surface area contributed by atoms with E-state index in [0.717, 1.165) is 6.42 Å². The van der Waals surface area contributed by atoms with Crippen LogP contribution in [0.2, 0.25) is 0 Å². The molecule has 1 aliphatic rings. The summed E-state index contributed by atoms with van der Waals surface area (Å²) in [6.45, 7) is 9.65. The predicted octanol–water partition coefficient (Wildman–Crippen LogP) is 2.86. The molecule has 1 fully saturated rings. The summed E-state index contributed by atoms with van der Waals surface area (Å²) in [5.74, 6) is 0. The summed E-state index contributed by atoms with van der Waals surface area (Å²) in [5, 5.41) is 12.7. The maximum absolute atomic E-state index is 12.6. The van der Waals surface area contributed by atoms with Gasteiger partial charge < -0.3 is 20.1 Å². The van der Waals surface area contributed by atoms with Crippen molar-refractivity contribution < 1.29 is 14.6 Å². The molecule has 1 aliphatic heterocycles. The first-order valence-electron chi connectivity index (χ1n) is 8.34. The van der Waals surface area contributed by atoms with E-state index in [4.69, 9.17) is 4.74 Å². The van der Waals surface area contributed by atoms with Crippen LogP contribution in [-0.4, -0.2) is 47.9 Å². The fraction of sp³-hybridized carbons (Fsp3) is 0.706. The van der Waals surface area contributed by atoms with Gasteiger partial charge in [-0.3, -0.25) is 0 Å². The van der Waals surface area contributed by atoms with Crippen LogP contribution in [0.1, 0.15) is 48.6 Å². The standard InChI is InChI=1S/C17H28N2O3S/c1-5-15-11(2)8-16(23-15)13(4)18-17(21)19-6-7-22-10-14(19)9-12(3)20/h8,12-14,20H,5-7,9-10H2,1-4H3,(H,18,21). The van der Waals surface area contributed by atoms with Crippen molar-refractivity contribution in [3.8, 4) is 0 Å². The van der Waals surface area contributed by atoms with E-state index in [9.17, 15) is 9.90 Å². The van der Waals surface area contributed by atoms with Crippen molar-refractivity contribution >= 4 is 17.4 Å². The number of aliphatic hydroxyl groups is 1. The Morgan fingerprint density at radius 2 is 2.30 bits per heavy atom. The van der Waals surface area contributed by atoms with Gasteiger partial charge in [0, 0.05) is 16.3 Å². The number of ether oxygens (including phenoxy) is 1. The number of aryl methyl sites for hydroxylation is 2. The Kier molecular flexibility index (Phi) is 6.44. The molecular formula is C17H28N2O3S. The van der Waals surface area contributed by atoms with Gasteiger partial charge in [-0.2, -0.15) is 0 Å². The molecule has 0 radical (unpaired) electrons. The summed E-state index contributed by atoms with van der Waals surface area (Å²) in [6, 6.07) is 2.02. The molecule has 1 aromatic rings. The lowest BCUT2D eigenvalue weighted by molar-refractivity contribution is -0.00472. The summed E-state index contributed by atoms with van der Waals surface area (Å²) < 4.78 is 5.46. The zero-order chi connectivity index (χ0) is 17.0. The Labute approximate surface area is 142 Å². The largest absolute Gasteiger partial charge is 0.393 e. The Bertz CT molecular complexity index is 530. The van der Waals surface area contributed by atoms with Gasteiger partial charge in [0.25, 0.3) is 0 Å². The van der Waals surface area contributed by atoms with Crippen LogP contribution in [0.5, 0.6) is 0 Å². The van der Waals surface area contributed by atoms with Crippen LogP contribution in [0.3, 0.4) is 0 Å². The minimum atomic E-state index is -0.443. The molecule has 6 heteroatoms. The van der Waals surface area contributed by atoms with Gasteiger partial charge in [0.1, 0.15) is 0 Å². The van der Waals surface area contributed by atoms with E-state index in [1.165, 1.54) is 15.3 Å². The van der Waals surface area contributed by atoms with E-state index in [0.29, 0.717) is 26.2 Å². The van der Waals surface area contributed by atoms with Crippen LogP contribution >= 0.6 is 11.3 Å². The number of aliphatic hydroxyl groups excluding tert-OH is 1. The smallest absolute Gasteiger partial charge is 0.318 e. The first kappa shape index (κ1) is 18.2. The normalized spacial score (nSPS) is 21.1. The van der Waals surface area contributed by atoms with Gasteiger partial charge in [0.05, 0.1) is 31.4 Å². The number of morpholine rings is 1. The molecule has 0 aliphatic carbocycles. The van der Waals surface area contributed by atoms with Crippen LogP contribution in [0.15, 0.2) is 6.07 Å². The third-order valence-electron chi connectivity index (χ3n) is 4.23. The Morgan fingerprint density at radius 3 is 2.91 bits per heavy atom. The molecule has 2 rings (SSSR count). The van der Waals surface area contributed by atoms with Gasteiger partial charge in [-0.25, -0.2) is 4.79 Å². The molecule has 2 amide bonds. The van der Waals surface area contributed by atoms with Crippen molar-refractivity contribution in [3.63, 3.8) is 0 Å². The van der Waals surface area contributed by atoms with E-state index in [1.54, 1.807) is 23.2 Å². The van der Waals surface area contributed by atoms with Gasteiger partial charge in [-0.15, -0.1) is 11.3 Å². The molecule has 0 aromatic carbocycles. The number of amides is 2. The van der Waals surface area contributed by atoms with Crippen LogP contribution in [-0.2, 0) is 11.2 Å². The van der Waals surface area contributed by atoms with E-state index in [2.05, 4.69) is 25.2 Å². The van der Waals surface area contributed by atoms with Gasteiger partial charge in [0.2, 0.25) is 0 Å². The third-order valence-corrected chi connectivity index (χ3v) is 5.79. The summed E-state index contributed by atoms with van der Waals surface area (Å²) in [6.07, 6.45) is 1.12. The number of nitrogens with one attached hydrogen (secondary N) is 1. The molecule has 0 saturated carbocycles. The average molecular weight is 340 g/mol. The fourth-order valence-electron chi connectivity index (χ4n) is 2.96. The maximum atomic E-state index is 12.6. The SMILES string of the molecule is CCc1sc(C(C)NC(=O)N2CCOCC2CC(C)O)cc1C. The van der Waals surface area contributed by atoms with Crippen LogP contribution in [0.4, 0.5) is 4.79 Å². The number of urea groups is 1. The molecule has 23 heavy (non-hydrogen) atoms. The predicted molar refractivity (Wildman–Crippen MR) is 93.0 cm³/mol. The lowest BCUT2D eigenvalue weighted by atomic mass is 10.1. The summed E-state index contributed by atoms with van der Waals surface area (Å²) >= 11 is 1.77. The molecule has 0 bridgehead atoms. The zero-order valence-corrected chi connectivity index (χ0v) is 15.3. The minimum absolute atomic E-state index is 0.0125. The van der Waals surface area contributed by atoms with Gasteiger partial charge in [-0.1, -0.05) is 6.92 Å². The number of nitrogens with zero attached hydrogens (tertiary/aromatic N) is 1. The number of thiophene rings is 1. The number of carbonyl (C=O) groups excluding carboxylic acids is 1. The lowest BCUT2D eigenvalue weighted by Gasteiger charge is -2.36. The van der Waals surface area contributed by atoms with Crippen LogP contribution in [0.25, 0.3) is 0 Å².